The van der Waals surface area contributed by atoms with Crippen molar-refractivity contribution in [2.45, 2.75) is 12.3 Å². The molecule has 11 aromatic rings. The van der Waals surface area contributed by atoms with Gasteiger partial charge in [-0.15, -0.1) is 0 Å². The zero-order chi connectivity index (χ0) is 41.7. The Morgan fingerprint density at radius 1 is 0.365 bits per heavy atom. The average molecular weight is 808 g/mol. The highest BCUT2D eigenvalue weighted by molar-refractivity contribution is 6.04. The van der Waals surface area contributed by atoms with Crippen LogP contribution in [0, 0.1) is 0 Å². The summed E-state index contributed by atoms with van der Waals surface area (Å²) in [4.78, 5) is 10.4. The zero-order valence-corrected chi connectivity index (χ0v) is 34.4. The highest BCUT2D eigenvalue weighted by Gasteiger charge is 2.32. The van der Waals surface area contributed by atoms with Crippen LogP contribution in [-0.4, -0.2) is 14.5 Å². The maximum Gasteiger partial charge on any atom is 0.160 e. The minimum absolute atomic E-state index is 0.0902. The normalized spacial score (nSPS) is 14.7. The van der Waals surface area contributed by atoms with Crippen LogP contribution in [0.2, 0.25) is 0 Å². The molecule has 2 unspecified atom stereocenters. The van der Waals surface area contributed by atoms with Crippen LogP contribution in [-0.2, 0) is 0 Å². The molecule has 0 amide bonds. The Hall–Kier alpha value is -8.12. The Bertz CT molecular complexity index is 3350. The van der Waals surface area contributed by atoms with E-state index in [1.54, 1.807) is 0 Å². The van der Waals surface area contributed by atoms with Crippen molar-refractivity contribution in [2.75, 3.05) is 5.32 Å². The first-order chi connectivity index (χ1) is 31.2. The molecule has 298 valence electrons. The number of anilines is 1. The van der Waals surface area contributed by atoms with E-state index in [9.17, 15) is 0 Å². The Kier molecular flexibility index (Phi) is 8.98. The molecule has 0 fully saturated rings. The lowest BCUT2D eigenvalue weighted by molar-refractivity contribution is 0.400. The molecule has 0 saturated heterocycles. The zero-order valence-electron chi connectivity index (χ0n) is 34.4. The molecule has 1 aliphatic heterocycles. The first-order valence-corrected chi connectivity index (χ1v) is 21.5. The summed E-state index contributed by atoms with van der Waals surface area (Å²) in [6.45, 7) is 0. The van der Waals surface area contributed by atoms with Gasteiger partial charge in [0.2, 0.25) is 0 Å². The van der Waals surface area contributed by atoms with Gasteiger partial charge in [-0.3, -0.25) is 5.32 Å². The summed E-state index contributed by atoms with van der Waals surface area (Å²) in [6.07, 6.45) is -0.208. The Morgan fingerprint density at radius 3 is 1.56 bits per heavy atom. The monoisotopic (exact) mass is 807 g/mol. The Balaban J connectivity index is 0.878. The van der Waals surface area contributed by atoms with Gasteiger partial charge in [0.25, 0.3) is 0 Å². The molecule has 0 spiro atoms. The van der Waals surface area contributed by atoms with Crippen molar-refractivity contribution >= 4 is 38.1 Å². The molecule has 0 radical (unpaired) electrons. The number of hydrogen-bond acceptors (Lipinski definition) is 4. The number of benzene rings is 9. The van der Waals surface area contributed by atoms with Crippen LogP contribution >= 0.6 is 0 Å². The molecule has 9 aromatic carbocycles. The van der Waals surface area contributed by atoms with E-state index in [0.717, 1.165) is 56.0 Å². The van der Waals surface area contributed by atoms with Crippen LogP contribution in [0.1, 0.15) is 23.5 Å². The van der Waals surface area contributed by atoms with Crippen LogP contribution < -0.4 is 10.6 Å². The van der Waals surface area contributed by atoms with Gasteiger partial charge in [0.1, 0.15) is 18.1 Å². The molecule has 0 saturated carbocycles. The fraction of sp³-hybridized carbons (Fsp3) is 0.0345. The molecular weight excluding hydrogens is 767 g/mol. The SMILES string of the molecule is c1ccc(-c2c3ccccc3c3n2C(c2ccccc2)NC(c2ccc(-c4ccc(-c5cc(-c6ccc7ccccc7c6)nc(-c6ccc7ccccc7c6)n5)cc4)cc2)N3)cc1. The maximum atomic E-state index is 5.19. The fourth-order valence-electron chi connectivity index (χ4n) is 9.29. The van der Waals surface area contributed by atoms with Crippen molar-refractivity contribution in [3.05, 3.63) is 236 Å². The molecule has 0 bridgehead atoms. The van der Waals surface area contributed by atoms with Crippen molar-refractivity contribution in [1.82, 2.24) is 19.9 Å². The quantitative estimate of drug-likeness (QED) is 0.168. The molecular formula is C58H41N5. The molecule has 2 N–H and O–H groups in total. The van der Waals surface area contributed by atoms with Gasteiger partial charge < -0.3 is 9.88 Å². The number of hydrogen-bond donors (Lipinski definition) is 2. The van der Waals surface area contributed by atoms with Crippen LogP contribution in [0.3, 0.4) is 0 Å². The molecule has 3 heterocycles. The minimum Gasteiger partial charge on any atom is -0.352 e. The largest absolute Gasteiger partial charge is 0.352 e. The van der Waals surface area contributed by atoms with E-state index in [0.29, 0.717) is 5.82 Å². The second kappa shape index (κ2) is 15.4. The average Bonchev–Trinajstić information content (AvgIpc) is 3.70. The van der Waals surface area contributed by atoms with Gasteiger partial charge in [-0.2, -0.15) is 0 Å². The van der Waals surface area contributed by atoms with E-state index in [2.05, 4.69) is 240 Å². The van der Waals surface area contributed by atoms with Gasteiger partial charge in [0.05, 0.1) is 17.1 Å². The lowest BCUT2D eigenvalue weighted by atomic mass is 9.99. The topological polar surface area (TPSA) is 54.8 Å². The molecule has 2 atom stereocenters. The Labute approximate surface area is 366 Å². The maximum absolute atomic E-state index is 5.19. The lowest BCUT2D eigenvalue weighted by Crippen LogP contribution is -2.41. The standard InChI is InChI=1S/C58H41N5/c1-3-15-43(16-4-1)54-50-21-11-12-22-51(50)58-62-55(61-57(63(54)58)45-17-5-2-6-18-45)44-31-25-41(26-32-44)40-23-29-42(30-24-40)52-37-53(48-33-27-38-13-7-9-19-46(38)35-48)60-56(59-52)49-34-28-39-14-8-10-20-47(39)36-49/h1-37,55,57,61-62H. The smallest absolute Gasteiger partial charge is 0.160 e. The molecule has 2 aromatic heterocycles. The van der Waals surface area contributed by atoms with E-state index >= 15 is 0 Å². The molecule has 0 aliphatic carbocycles. The van der Waals surface area contributed by atoms with E-state index < -0.39 is 0 Å². The molecule has 63 heavy (non-hydrogen) atoms. The number of rotatable bonds is 7. The molecule has 12 rings (SSSR count). The lowest BCUT2D eigenvalue weighted by Gasteiger charge is -2.37. The van der Waals surface area contributed by atoms with E-state index in [1.165, 1.54) is 43.8 Å². The van der Waals surface area contributed by atoms with Gasteiger partial charge in [0.15, 0.2) is 5.82 Å². The van der Waals surface area contributed by atoms with Crippen LogP contribution in [0.4, 0.5) is 5.82 Å². The minimum atomic E-state index is -0.118. The predicted octanol–water partition coefficient (Wildman–Crippen LogP) is 14.3. The summed E-state index contributed by atoms with van der Waals surface area (Å²) in [5, 5.41) is 15.1. The van der Waals surface area contributed by atoms with Crippen molar-refractivity contribution in [3.63, 3.8) is 0 Å². The van der Waals surface area contributed by atoms with Crippen molar-refractivity contribution in [1.29, 1.82) is 0 Å². The van der Waals surface area contributed by atoms with Crippen molar-refractivity contribution in [2.24, 2.45) is 0 Å². The van der Waals surface area contributed by atoms with Gasteiger partial charge in [0, 0.05) is 27.5 Å². The van der Waals surface area contributed by atoms with Gasteiger partial charge in [-0.25, -0.2) is 9.97 Å². The third-order valence-electron chi connectivity index (χ3n) is 12.5. The highest BCUT2D eigenvalue weighted by Crippen LogP contribution is 2.44. The van der Waals surface area contributed by atoms with Crippen LogP contribution in [0.15, 0.2) is 224 Å². The third kappa shape index (κ3) is 6.72. The summed E-state index contributed by atoms with van der Waals surface area (Å²) < 4.78 is 2.44. The molecule has 1 aliphatic rings. The summed E-state index contributed by atoms with van der Waals surface area (Å²) in [7, 11) is 0. The number of nitrogens with one attached hydrogen (secondary N) is 2. The summed E-state index contributed by atoms with van der Waals surface area (Å²) >= 11 is 0. The first kappa shape index (κ1) is 36.7. The number of nitrogens with zero attached hydrogens (tertiary/aromatic N) is 3. The fourth-order valence-corrected chi connectivity index (χ4v) is 9.29. The summed E-state index contributed by atoms with van der Waals surface area (Å²) in [6, 6.07) is 79.9. The van der Waals surface area contributed by atoms with Gasteiger partial charge >= 0.3 is 0 Å². The van der Waals surface area contributed by atoms with E-state index in [1.807, 2.05) is 0 Å². The number of fused-ring (bicyclic) bond motifs is 5. The van der Waals surface area contributed by atoms with Crippen molar-refractivity contribution in [3.8, 4) is 56.3 Å². The van der Waals surface area contributed by atoms with E-state index in [4.69, 9.17) is 9.97 Å². The summed E-state index contributed by atoms with van der Waals surface area (Å²) in [5.74, 6) is 1.82. The van der Waals surface area contributed by atoms with Crippen LogP contribution in [0.25, 0.3) is 88.6 Å². The molecule has 5 heteroatoms. The molecule has 5 nitrogen and oxygen atoms in total. The Morgan fingerprint density at radius 2 is 0.873 bits per heavy atom. The summed E-state index contributed by atoms with van der Waals surface area (Å²) in [5.41, 5.74) is 11.9. The first-order valence-electron chi connectivity index (χ1n) is 21.5. The van der Waals surface area contributed by atoms with Gasteiger partial charge in [-0.05, 0) is 67.6 Å². The van der Waals surface area contributed by atoms with Gasteiger partial charge in [-0.1, -0.05) is 206 Å². The van der Waals surface area contributed by atoms with Crippen LogP contribution in [0.5, 0.6) is 0 Å². The van der Waals surface area contributed by atoms with E-state index in [-0.39, 0.29) is 12.3 Å². The highest BCUT2D eigenvalue weighted by atomic mass is 15.4. The third-order valence-corrected chi connectivity index (χ3v) is 12.5. The second-order valence-corrected chi connectivity index (χ2v) is 16.3. The number of aromatic nitrogens is 3. The van der Waals surface area contributed by atoms with Crippen molar-refractivity contribution < 1.29 is 0 Å². The second-order valence-electron chi connectivity index (χ2n) is 16.3. The predicted molar refractivity (Wildman–Crippen MR) is 260 cm³/mol.